The molecule has 0 aliphatic carbocycles. The van der Waals surface area contributed by atoms with Gasteiger partial charge < -0.3 is 23.7 Å². The van der Waals surface area contributed by atoms with E-state index in [0.29, 0.717) is 0 Å². The standard InChI is InChI=1S/C25H41BrO9/c1-22(2,3)18(27)31-13-14(32-19(28)23(4,5)6)16(26)34-17(35-21(30)25(10,11)12)15(13)33-20(29)24(7,8)9/h13-17H,1-12H3/t13-,14-,15+,16+,17-/m1/s1. The lowest BCUT2D eigenvalue weighted by molar-refractivity contribution is -0.286. The van der Waals surface area contributed by atoms with Gasteiger partial charge in [-0.2, -0.15) is 0 Å². The fourth-order valence-corrected chi connectivity index (χ4v) is 3.05. The summed E-state index contributed by atoms with van der Waals surface area (Å²) in [6.07, 6.45) is -5.35. The van der Waals surface area contributed by atoms with Gasteiger partial charge in [-0.25, -0.2) is 0 Å². The van der Waals surface area contributed by atoms with Crippen LogP contribution in [0.5, 0.6) is 0 Å². The molecule has 0 spiro atoms. The van der Waals surface area contributed by atoms with Gasteiger partial charge in [0, 0.05) is 0 Å². The van der Waals surface area contributed by atoms with Gasteiger partial charge in [0.1, 0.15) is 0 Å². The van der Waals surface area contributed by atoms with Crippen LogP contribution in [0.4, 0.5) is 0 Å². The van der Waals surface area contributed by atoms with E-state index in [9.17, 15) is 19.2 Å². The Bertz CT molecular complexity index is 809. The molecule has 1 saturated heterocycles. The van der Waals surface area contributed by atoms with E-state index >= 15 is 0 Å². The lowest BCUT2D eigenvalue weighted by atomic mass is 9.94. The number of halogens is 1. The summed E-state index contributed by atoms with van der Waals surface area (Å²) in [6, 6.07) is 0. The van der Waals surface area contributed by atoms with Gasteiger partial charge in [-0.15, -0.1) is 0 Å². The Hall–Kier alpha value is -1.68. The minimum atomic E-state index is -1.43. The molecule has 1 heterocycles. The van der Waals surface area contributed by atoms with Crippen LogP contribution in [0.15, 0.2) is 0 Å². The number of rotatable bonds is 4. The fourth-order valence-electron chi connectivity index (χ4n) is 2.43. The third-order valence-corrected chi connectivity index (χ3v) is 5.58. The van der Waals surface area contributed by atoms with Gasteiger partial charge in [0.25, 0.3) is 0 Å². The first-order valence-corrected chi connectivity index (χ1v) is 12.5. The normalized spacial score (nSPS) is 25.9. The average molecular weight is 565 g/mol. The quantitative estimate of drug-likeness (QED) is 0.276. The van der Waals surface area contributed by atoms with Crippen LogP contribution in [0.2, 0.25) is 0 Å². The number of hydrogen-bond acceptors (Lipinski definition) is 9. The van der Waals surface area contributed by atoms with Gasteiger partial charge >= 0.3 is 23.9 Å². The topological polar surface area (TPSA) is 114 Å². The van der Waals surface area contributed by atoms with Crippen LogP contribution in [0, 0.1) is 21.7 Å². The molecule has 0 N–H and O–H groups in total. The van der Waals surface area contributed by atoms with Gasteiger partial charge in [0.2, 0.25) is 12.4 Å². The third-order valence-electron chi connectivity index (χ3n) is 4.84. The molecule has 0 radical (unpaired) electrons. The summed E-state index contributed by atoms with van der Waals surface area (Å²) in [5.74, 6) is -2.48. The van der Waals surface area contributed by atoms with Crippen molar-refractivity contribution in [1.82, 2.24) is 0 Å². The summed E-state index contributed by atoms with van der Waals surface area (Å²) >= 11 is 3.32. The Balaban J connectivity index is 3.56. The number of alkyl halides is 1. The first-order chi connectivity index (χ1) is 15.5. The van der Waals surface area contributed by atoms with Crippen molar-refractivity contribution in [1.29, 1.82) is 0 Å². The molecule has 0 unspecified atom stereocenters. The largest absolute Gasteiger partial charge is 0.454 e. The summed E-state index contributed by atoms with van der Waals surface area (Å²) in [5, 5.41) is -1.03. The summed E-state index contributed by atoms with van der Waals surface area (Å²) in [5.41, 5.74) is -3.62. The van der Waals surface area contributed by atoms with E-state index in [1.54, 1.807) is 83.1 Å². The molecule has 1 rings (SSSR count). The highest BCUT2D eigenvalue weighted by Gasteiger charge is 2.55. The van der Waals surface area contributed by atoms with Crippen LogP contribution in [0.25, 0.3) is 0 Å². The number of carbonyl (C=O) groups excluding carboxylic acids is 4. The van der Waals surface area contributed by atoms with E-state index in [1.165, 1.54) is 0 Å². The molecule has 0 aromatic heterocycles. The Morgan fingerprint density at radius 2 is 0.800 bits per heavy atom. The van der Waals surface area contributed by atoms with Crippen molar-refractivity contribution in [3.63, 3.8) is 0 Å². The Morgan fingerprint density at radius 1 is 0.514 bits per heavy atom. The molecule has 0 saturated carbocycles. The average Bonchev–Trinajstić information content (AvgIpc) is 2.63. The van der Waals surface area contributed by atoms with Crippen molar-refractivity contribution in [2.75, 3.05) is 0 Å². The van der Waals surface area contributed by atoms with Gasteiger partial charge in [-0.1, -0.05) is 15.9 Å². The van der Waals surface area contributed by atoms with E-state index < -0.39 is 75.2 Å². The van der Waals surface area contributed by atoms with Crippen molar-refractivity contribution in [3.05, 3.63) is 0 Å². The van der Waals surface area contributed by atoms with Crippen molar-refractivity contribution in [2.24, 2.45) is 21.7 Å². The number of ether oxygens (including phenoxy) is 5. The van der Waals surface area contributed by atoms with E-state index in [2.05, 4.69) is 15.9 Å². The third kappa shape index (κ3) is 8.74. The zero-order valence-electron chi connectivity index (χ0n) is 22.9. The molecule has 9 nitrogen and oxygen atoms in total. The van der Waals surface area contributed by atoms with E-state index in [0.717, 1.165) is 0 Å². The summed E-state index contributed by atoms with van der Waals surface area (Å²) in [7, 11) is 0. The highest BCUT2D eigenvalue weighted by molar-refractivity contribution is 9.09. The molecule has 35 heavy (non-hydrogen) atoms. The second kappa shape index (κ2) is 10.7. The molecule has 0 bridgehead atoms. The maximum absolute atomic E-state index is 12.9. The lowest BCUT2D eigenvalue weighted by Gasteiger charge is -2.44. The van der Waals surface area contributed by atoms with Gasteiger partial charge in [0.15, 0.2) is 17.2 Å². The van der Waals surface area contributed by atoms with E-state index in [1.807, 2.05) is 0 Å². The molecule has 10 heteroatoms. The van der Waals surface area contributed by atoms with Gasteiger partial charge in [-0.05, 0) is 83.1 Å². The zero-order chi connectivity index (χ0) is 27.7. The van der Waals surface area contributed by atoms with Crippen molar-refractivity contribution in [2.45, 2.75) is 113 Å². The number of hydrogen-bond donors (Lipinski definition) is 0. The minimum absolute atomic E-state index is 0.585. The highest BCUT2D eigenvalue weighted by Crippen LogP contribution is 2.36. The maximum atomic E-state index is 12.9. The van der Waals surface area contributed by atoms with Crippen LogP contribution in [-0.4, -0.2) is 53.5 Å². The second-order valence-corrected chi connectivity index (χ2v) is 13.8. The molecule has 1 aliphatic heterocycles. The summed E-state index contributed by atoms with van der Waals surface area (Å²) in [4.78, 5) is 51.2. The van der Waals surface area contributed by atoms with Crippen LogP contribution in [0.3, 0.4) is 0 Å². The Labute approximate surface area is 217 Å². The van der Waals surface area contributed by atoms with Crippen LogP contribution in [0.1, 0.15) is 83.1 Å². The second-order valence-electron chi connectivity index (χ2n) is 12.9. The van der Waals surface area contributed by atoms with E-state index in [-0.39, 0.29) is 0 Å². The van der Waals surface area contributed by atoms with Crippen LogP contribution < -0.4 is 0 Å². The molecule has 0 amide bonds. The predicted molar refractivity (Wildman–Crippen MR) is 131 cm³/mol. The minimum Gasteiger partial charge on any atom is -0.454 e. The van der Waals surface area contributed by atoms with Gasteiger partial charge in [-0.3, -0.25) is 19.2 Å². The van der Waals surface area contributed by atoms with Crippen molar-refractivity contribution in [3.8, 4) is 0 Å². The lowest BCUT2D eigenvalue weighted by Crippen LogP contribution is -2.62. The molecular formula is C25H41BrO9. The summed E-state index contributed by atoms with van der Waals surface area (Å²) < 4.78 is 28.6. The number of carbonyl (C=O) groups is 4. The first-order valence-electron chi connectivity index (χ1n) is 11.6. The maximum Gasteiger partial charge on any atom is 0.313 e. The van der Waals surface area contributed by atoms with Crippen molar-refractivity contribution < 1.29 is 42.9 Å². The molecule has 0 aromatic rings. The highest BCUT2D eigenvalue weighted by atomic mass is 79.9. The molecule has 202 valence electrons. The molecule has 0 aromatic carbocycles. The Kier molecular flexibility index (Phi) is 9.62. The smallest absolute Gasteiger partial charge is 0.313 e. The predicted octanol–water partition coefficient (Wildman–Crippen LogP) is 4.53. The molecule has 5 atom stereocenters. The monoisotopic (exact) mass is 564 g/mol. The first kappa shape index (κ1) is 31.4. The fraction of sp³-hybridized carbons (Fsp3) is 0.840. The molecule has 1 fully saturated rings. The van der Waals surface area contributed by atoms with Crippen LogP contribution in [-0.2, 0) is 42.9 Å². The Morgan fingerprint density at radius 3 is 1.14 bits per heavy atom. The molecule has 1 aliphatic rings. The SMILES string of the molecule is CC(C)(C)C(=O)O[C@H]1O[C@H](Br)[C@H](OC(=O)C(C)(C)C)[C@@H](OC(=O)C(C)(C)C)[C@@H]1OC(=O)C(C)(C)C. The van der Waals surface area contributed by atoms with E-state index in [4.69, 9.17) is 23.7 Å². The van der Waals surface area contributed by atoms with Crippen LogP contribution >= 0.6 is 15.9 Å². The number of esters is 4. The summed E-state index contributed by atoms with van der Waals surface area (Å²) in [6.45, 7) is 19.9. The van der Waals surface area contributed by atoms with Crippen molar-refractivity contribution >= 4 is 39.8 Å². The molecular weight excluding hydrogens is 524 g/mol. The zero-order valence-corrected chi connectivity index (χ0v) is 24.5. The van der Waals surface area contributed by atoms with Gasteiger partial charge in [0.05, 0.1) is 21.7 Å².